The number of aliphatic hydroxyl groups is 1. The highest BCUT2D eigenvalue weighted by Gasteiger charge is 2.41. The lowest BCUT2D eigenvalue weighted by atomic mass is 10.0. The summed E-state index contributed by atoms with van der Waals surface area (Å²) in [6.45, 7) is 0.560. The fraction of sp³-hybridized carbons (Fsp3) is 0.278. The van der Waals surface area contributed by atoms with E-state index in [1.165, 1.54) is 5.56 Å². The Kier molecular flexibility index (Phi) is 4.51. The number of rotatable bonds is 4. The lowest BCUT2D eigenvalue weighted by Crippen LogP contribution is -2.88. The lowest BCUT2D eigenvalue weighted by molar-refractivity contribution is -0.674. The molecular formula is C18H20NO3+. The largest absolute Gasteiger partial charge is 0.449 e. The van der Waals surface area contributed by atoms with Gasteiger partial charge in [0, 0.05) is 6.42 Å². The third-order valence-electron chi connectivity index (χ3n) is 4.05. The molecule has 2 aromatic rings. The number of nitrogens with two attached hydrogens (primary N) is 1. The second-order valence-corrected chi connectivity index (χ2v) is 5.63. The molecule has 1 heterocycles. The number of esters is 1. The zero-order chi connectivity index (χ0) is 15.4. The summed E-state index contributed by atoms with van der Waals surface area (Å²) >= 11 is 0. The number of carbonyl (C=O) groups excluding carboxylic acids is 1. The average Bonchev–Trinajstić information content (AvgIpc) is 2.90. The van der Waals surface area contributed by atoms with Gasteiger partial charge in [0.2, 0.25) is 0 Å². The standard InChI is InChI=1S/C18H19NO3/c20-16-12-19-15(11-13-7-3-1-4-8-13)17(16)22-18(21)14-9-5-2-6-10-14/h1-10,15-17,19-20H,11-12H2/p+1/t15-,16+,17+/m1/s1. The summed E-state index contributed by atoms with van der Waals surface area (Å²) in [6, 6.07) is 19.0. The molecule has 3 atom stereocenters. The minimum Gasteiger partial charge on any atom is -0.449 e. The second-order valence-electron chi connectivity index (χ2n) is 5.63. The first-order valence-electron chi connectivity index (χ1n) is 7.55. The number of carbonyl (C=O) groups is 1. The van der Waals surface area contributed by atoms with Gasteiger partial charge in [-0.2, -0.15) is 0 Å². The lowest BCUT2D eigenvalue weighted by Gasteiger charge is -2.19. The number of quaternary nitrogens is 1. The smallest absolute Gasteiger partial charge is 0.338 e. The maximum absolute atomic E-state index is 12.2. The average molecular weight is 298 g/mol. The summed E-state index contributed by atoms with van der Waals surface area (Å²) < 4.78 is 5.57. The molecule has 2 aromatic carbocycles. The summed E-state index contributed by atoms with van der Waals surface area (Å²) in [5.41, 5.74) is 1.69. The van der Waals surface area contributed by atoms with Gasteiger partial charge >= 0.3 is 5.97 Å². The number of aliphatic hydroxyl groups excluding tert-OH is 1. The molecule has 3 N–H and O–H groups in total. The van der Waals surface area contributed by atoms with Crippen molar-refractivity contribution in [1.82, 2.24) is 0 Å². The number of hydrogen-bond acceptors (Lipinski definition) is 3. The molecule has 1 fully saturated rings. The molecule has 0 bridgehead atoms. The first-order valence-corrected chi connectivity index (χ1v) is 7.55. The molecule has 0 amide bonds. The van der Waals surface area contributed by atoms with Crippen molar-refractivity contribution in [2.75, 3.05) is 6.54 Å². The topological polar surface area (TPSA) is 63.1 Å². The Hall–Kier alpha value is -2.17. The first-order chi connectivity index (χ1) is 10.7. The van der Waals surface area contributed by atoms with Crippen molar-refractivity contribution in [1.29, 1.82) is 0 Å². The van der Waals surface area contributed by atoms with Crippen LogP contribution >= 0.6 is 0 Å². The number of benzene rings is 2. The maximum Gasteiger partial charge on any atom is 0.338 e. The van der Waals surface area contributed by atoms with E-state index in [0.29, 0.717) is 12.1 Å². The zero-order valence-corrected chi connectivity index (χ0v) is 12.3. The van der Waals surface area contributed by atoms with Crippen LogP contribution in [-0.2, 0) is 11.2 Å². The van der Waals surface area contributed by atoms with Gasteiger partial charge in [-0.05, 0) is 17.7 Å². The van der Waals surface area contributed by atoms with Crippen LogP contribution in [0.2, 0.25) is 0 Å². The van der Waals surface area contributed by atoms with Crippen molar-refractivity contribution >= 4 is 5.97 Å². The summed E-state index contributed by atoms with van der Waals surface area (Å²) in [5, 5.41) is 12.2. The molecule has 4 nitrogen and oxygen atoms in total. The quantitative estimate of drug-likeness (QED) is 0.819. The molecule has 0 aliphatic carbocycles. The van der Waals surface area contributed by atoms with Crippen molar-refractivity contribution in [2.45, 2.75) is 24.7 Å². The van der Waals surface area contributed by atoms with Crippen LogP contribution in [0.3, 0.4) is 0 Å². The van der Waals surface area contributed by atoms with Gasteiger partial charge in [0.05, 0.1) is 5.56 Å². The van der Waals surface area contributed by atoms with Crippen molar-refractivity contribution in [3.8, 4) is 0 Å². The summed E-state index contributed by atoms with van der Waals surface area (Å²) in [4.78, 5) is 12.2. The molecule has 1 saturated heterocycles. The van der Waals surface area contributed by atoms with Crippen LogP contribution in [0.1, 0.15) is 15.9 Å². The molecule has 114 valence electrons. The number of ether oxygens (including phenoxy) is 1. The zero-order valence-electron chi connectivity index (χ0n) is 12.3. The third-order valence-corrected chi connectivity index (χ3v) is 4.05. The van der Waals surface area contributed by atoms with E-state index in [4.69, 9.17) is 4.74 Å². The molecular weight excluding hydrogens is 278 g/mol. The van der Waals surface area contributed by atoms with Crippen molar-refractivity contribution in [3.05, 3.63) is 71.8 Å². The summed E-state index contributed by atoms with van der Waals surface area (Å²) in [5.74, 6) is -0.377. The van der Waals surface area contributed by atoms with Gasteiger partial charge in [-0.25, -0.2) is 4.79 Å². The Labute approximate surface area is 129 Å². The maximum atomic E-state index is 12.2. The van der Waals surface area contributed by atoms with E-state index in [2.05, 4.69) is 17.4 Å². The van der Waals surface area contributed by atoms with Crippen LogP contribution in [0.4, 0.5) is 0 Å². The molecule has 1 aliphatic heterocycles. The van der Waals surface area contributed by atoms with Crippen molar-refractivity contribution in [2.24, 2.45) is 0 Å². The normalized spacial score (nSPS) is 24.1. The molecule has 0 aromatic heterocycles. The fourth-order valence-electron chi connectivity index (χ4n) is 2.89. The van der Waals surface area contributed by atoms with Gasteiger partial charge in [0.25, 0.3) is 0 Å². The van der Waals surface area contributed by atoms with E-state index in [0.717, 1.165) is 6.42 Å². The molecule has 0 spiro atoms. The van der Waals surface area contributed by atoms with E-state index in [1.54, 1.807) is 24.3 Å². The van der Waals surface area contributed by atoms with Crippen molar-refractivity contribution < 1.29 is 20.0 Å². The van der Waals surface area contributed by atoms with Crippen LogP contribution in [0, 0.1) is 0 Å². The Morgan fingerprint density at radius 2 is 1.73 bits per heavy atom. The van der Waals surface area contributed by atoms with E-state index < -0.39 is 12.2 Å². The molecule has 0 saturated carbocycles. The highest BCUT2D eigenvalue weighted by Crippen LogP contribution is 2.15. The predicted octanol–water partition coefficient (Wildman–Crippen LogP) is 0.761. The molecule has 3 rings (SSSR count). The predicted molar refractivity (Wildman–Crippen MR) is 82.4 cm³/mol. The minimum atomic E-state index is -0.624. The van der Waals surface area contributed by atoms with E-state index in [-0.39, 0.29) is 12.0 Å². The third kappa shape index (κ3) is 3.35. The summed E-state index contributed by atoms with van der Waals surface area (Å²) in [6.07, 6.45) is -0.334. The van der Waals surface area contributed by atoms with Crippen molar-refractivity contribution in [3.63, 3.8) is 0 Å². The van der Waals surface area contributed by atoms with Gasteiger partial charge in [-0.3, -0.25) is 0 Å². The Morgan fingerprint density at radius 1 is 1.09 bits per heavy atom. The second kappa shape index (κ2) is 6.73. The van der Waals surface area contributed by atoms with E-state index >= 15 is 0 Å². The Morgan fingerprint density at radius 3 is 2.41 bits per heavy atom. The molecule has 0 radical (unpaired) electrons. The highest BCUT2D eigenvalue weighted by atomic mass is 16.6. The number of hydrogen-bond donors (Lipinski definition) is 2. The highest BCUT2D eigenvalue weighted by molar-refractivity contribution is 5.89. The monoisotopic (exact) mass is 298 g/mol. The van der Waals surface area contributed by atoms with Gasteiger partial charge in [0.1, 0.15) is 18.7 Å². The molecule has 1 aliphatic rings. The van der Waals surface area contributed by atoms with Crippen LogP contribution in [-0.4, -0.2) is 35.9 Å². The van der Waals surface area contributed by atoms with Crippen LogP contribution in [0.5, 0.6) is 0 Å². The SMILES string of the molecule is O=C(O[C@@H]1[C@@H](O)C[NH2+][C@@H]1Cc1ccccc1)c1ccccc1. The van der Waals surface area contributed by atoms with E-state index in [1.807, 2.05) is 24.3 Å². The van der Waals surface area contributed by atoms with Crippen LogP contribution < -0.4 is 5.32 Å². The van der Waals surface area contributed by atoms with Gasteiger partial charge in [0.15, 0.2) is 6.10 Å². The van der Waals surface area contributed by atoms with Gasteiger partial charge in [-0.1, -0.05) is 48.5 Å². The molecule has 4 heteroatoms. The first kappa shape index (κ1) is 14.8. The molecule has 22 heavy (non-hydrogen) atoms. The van der Waals surface area contributed by atoms with Crippen LogP contribution in [0.25, 0.3) is 0 Å². The Bertz CT molecular complexity index is 615. The molecule has 0 unspecified atom stereocenters. The fourth-order valence-corrected chi connectivity index (χ4v) is 2.89. The van der Waals surface area contributed by atoms with Crippen LogP contribution in [0.15, 0.2) is 60.7 Å². The Balaban J connectivity index is 1.69. The summed E-state index contributed by atoms with van der Waals surface area (Å²) in [7, 11) is 0. The van der Waals surface area contributed by atoms with Gasteiger partial charge < -0.3 is 15.2 Å². The van der Waals surface area contributed by atoms with E-state index in [9.17, 15) is 9.90 Å². The van der Waals surface area contributed by atoms with Gasteiger partial charge in [-0.15, -0.1) is 0 Å². The minimum absolute atomic E-state index is 0.0464.